The Morgan fingerprint density at radius 3 is 1.46 bits per heavy atom. The summed E-state index contributed by atoms with van der Waals surface area (Å²) in [5.41, 5.74) is -2.91. The van der Waals surface area contributed by atoms with E-state index in [4.69, 9.17) is 56.8 Å². The molecule has 9 fully saturated rings. The van der Waals surface area contributed by atoms with Crippen molar-refractivity contribution in [1.29, 1.82) is 0 Å². The fraction of sp³-hybridized carbons (Fsp3) is 0.970. The first-order valence-corrected chi connectivity index (χ1v) is 35.0. The van der Waals surface area contributed by atoms with Gasteiger partial charge in [-0.3, -0.25) is 0 Å². The summed E-state index contributed by atoms with van der Waals surface area (Å²) in [6, 6.07) is 0. The first kappa shape index (κ1) is 80.0. The van der Waals surface area contributed by atoms with Gasteiger partial charge in [0.15, 0.2) is 37.7 Å². The molecule has 0 radical (unpaired) electrons. The maximum absolute atomic E-state index is 13.0. The molecular weight excluding hydrogens is 1320 g/mol. The number of aliphatic hydroxyl groups excluding tert-OH is 20. The van der Waals surface area contributed by atoms with Gasteiger partial charge < -0.3 is 164 Å². The van der Waals surface area contributed by atoms with Crippen molar-refractivity contribution in [3.63, 3.8) is 0 Å². The van der Waals surface area contributed by atoms with Gasteiger partial charge in [-0.15, -0.1) is 0 Å². The van der Waals surface area contributed by atoms with Crippen molar-refractivity contribution in [2.45, 2.75) is 315 Å². The summed E-state index contributed by atoms with van der Waals surface area (Å²) in [7, 11) is 0. The Bertz CT molecular complexity index is 2640. The summed E-state index contributed by atoms with van der Waals surface area (Å²) in [5, 5.41) is 229. The SMILES string of the molecule is C[C@H](CC[C@@H](O[C@@H]1O[C@H](CO[C@@H]2O[C@H](CO)[C@@H](O)[C@H](O)[C@H]2O)[C@@H](O)[C@H](O)[C@H]1O[C@@H]1O[C@H](CO)C[C@H](O)[C@H]1O)C(C)(C)O)[C@H]1CC[C@@]2(C)[C@@H]3CC=C4[C@@H](CC[C@H](O[C@@H]5O[C@H](CO[C@@H]6O[C@H](CO)[C@@H](O)[C@H](O)[C@H]6O)[C@@H](O)[C@H](O)[C@H]5O[C@@H]5O[C@H](CO)[C@@H](O)[C@H](O)[C@H]5O)C4(C)C)[C@]3(C)[C@H](O)C[C@]12C. The van der Waals surface area contributed by atoms with Crippen LogP contribution in [-0.4, -0.2) is 349 Å². The largest absolute Gasteiger partial charge is 0.394 e. The van der Waals surface area contributed by atoms with Crippen molar-refractivity contribution < 1.29 is 164 Å². The van der Waals surface area contributed by atoms with Gasteiger partial charge in [0.1, 0.15) is 128 Å². The van der Waals surface area contributed by atoms with Gasteiger partial charge in [-0.05, 0) is 99.7 Å². The van der Waals surface area contributed by atoms with E-state index < -0.39 is 258 Å². The highest BCUT2D eigenvalue weighted by molar-refractivity contribution is 5.32. The lowest BCUT2D eigenvalue weighted by Gasteiger charge is -2.67. The molecule has 10 rings (SSSR count). The molecule has 99 heavy (non-hydrogen) atoms. The lowest BCUT2D eigenvalue weighted by Crippen LogP contribution is -2.66. The van der Waals surface area contributed by atoms with Crippen LogP contribution < -0.4 is 0 Å². The molecule has 0 aromatic heterocycles. The van der Waals surface area contributed by atoms with Crippen LogP contribution in [0.4, 0.5) is 0 Å². The van der Waals surface area contributed by atoms with Crippen LogP contribution in [0.25, 0.3) is 0 Å². The molecular formula is C66H112O33. The third-order valence-electron chi connectivity index (χ3n) is 24.8. The van der Waals surface area contributed by atoms with Gasteiger partial charge in [-0.25, -0.2) is 0 Å². The van der Waals surface area contributed by atoms with Crippen LogP contribution in [0.3, 0.4) is 0 Å². The van der Waals surface area contributed by atoms with E-state index in [0.29, 0.717) is 32.1 Å². The maximum Gasteiger partial charge on any atom is 0.187 e. The van der Waals surface area contributed by atoms with Crippen LogP contribution in [0.5, 0.6) is 0 Å². The van der Waals surface area contributed by atoms with E-state index in [2.05, 4.69) is 33.8 Å². The van der Waals surface area contributed by atoms with Gasteiger partial charge in [0.2, 0.25) is 0 Å². The van der Waals surface area contributed by atoms with Crippen LogP contribution >= 0.6 is 0 Å². The molecule has 3 saturated carbocycles. The standard InChI is InChI=1S/C66H112O33/c1-25(9-13-39(63(4,5)87)97-61-55(98-58-40(73)30(71)17-26(19-67)90-58)50(83)45(78)35(95-61)24-89-57-52(85)47(80)42(75)32(21-69)92-57)27-15-16-64(6)36-12-10-28-29(66(36,8)37(72)18-65(27,64)7)11-14-38(62(28,2)3)96-60-54(99-59-53(86)48(81)43(76)33(22-70)93-59)49(82)44(77)34(94-60)23-88-56-51(84)46(79)41(74)31(20-68)91-56/h10,25-27,29-61,67-87H,9,11-24H2,1-8H3/t25-,26+,27-,29-,30+,31-,32-,33-,34-,35-,36+,37-,38+,39-,40-,41-,42-,43-,44-,45-,46+,47+,48+,49+,50+,51-,52-,53-,54-,55-,56-,57-,58+,59+,60+,61+,64+,65-,66+/m1/s1. The van der Waals surface area contributed by atoms with Crippen molar-refractivity contribution in [3.8, 4) is 0 Å². The minimum absolute atomic E-state index is 0.0304. The first-order chi connectivity index (χ1) is 46.4. The van der Waals surface area contributed by atoms with E-state index in [0.717, 1.165) is 18.4 Å². The first-order valence-electron chi connectivity index (χ1n) is 35.0. The molecule has 10 aliphatic rings. The molecule has 0 spiro atoms. The van der Waals surface area contributed by atoms with E-state index in [9.17, 15) is 107 Å². The zero-order chi connectivity index (χ0) is 72.7. The number of rotatable bonds is 23. The van der Waals surface area contributed by atoms with Crippen LogP contribution in [0.15, 0.2) is 11.6 Å². The molecule has 574 valence electrons. The Morgan fingerprint density at radius 1 is 0.495 bits per heavy atom. The predicted octanol–water partition coefficient (Wildman–Crippen LogP) is -6.55. The van der Waals surface area contributed by atoms with Crippen molar-refractivity contribution in [1.82, 2.24) is 0 Å². The fourth-order valence-electron chi connectivity index (χ4n) is 18.4. The topological polar surface area (TPSA) is 536 Å². The molecule has 21 N–H and O–H groups in total. The van der Waals surface area contributed by atoms with Gasteiger partial charge in [0, 0.05) is 17.3 Å². The Labute approximate surface area is 574 Å². The van der Waals surface area contributed by atoms with Gasteiger partial charge >= 0.3 is 0 Å². The normalized spacial score (nSPS) is 51.7. The summed E-state index contributed by atoms with van der Waals surface area (Å²) in [5.74, 6) is -0.245. The average molecular weight is 1430 g/mol. The van der Waals surface area contributed by atoms with E-state index in [1.807, 2.05) is 13.8 Å². The molecule has 39 atom stereocenters. The van der Waals surface area contributed by atoms with E-state index >= 15 is 0 Å². The Kier molecular flexibility index (Phi) is 25.3. The monoisotopic (exact) mass is 1430 g/mol. The third kappa shape index (κ3) is 15.0. The second-order valence-electron chi connectivity index (χ2n) is 31.4. The number of fused-ring (bicyclic) bond motifs is 5. The van der Waals surface area contributed by atoms with Crippen molar-refractivity contribution in [2.24, 2.45) is 45.3 Å². The molecule has 0 amide bonds. The predicted molar refractivity (Wildman–Crippen MR) is 331 cm³/mol. The number of hydrogen-bond donors (Lipinski definition) is 21. The lowest BCUT2D eigenvalue weighted by atomic mass is 9.38. The molecule has 6 saturated heterocycles. The van der Waals surface area contributed by atoms with Gasteiger partial charge in [0.25, 0.3) is 0 Å². The summed E-state index contributed by atoms with van der Waals surface area (Å²) >= 11 is 0. The van der Waals surface area contributed by atoms with Crippen LogP contribution in [-0.2, 0) is 56.8 Å². The van der Waals surface area contributed by atoms with Gasteiger partial charge in [-0.1, -0.05) is 53.2 Å². The summed E-state index contributed by atoms with van der Waals surface area (Å²) in [6.07, 6.45) is -44.9. The second-order valence-corrected chi connectivity index (χ2v) is 31.4. The Balaban J connectivity index is 0.851. The molecule has 33 heteroatoms. The summed E-state index contributed by atoms with van der Waals surface area (Å²) in [6.45, 7) is 11.7. The molecule has 0 aromatic rings. The highest BCUT2D eigenvalue weighted by Gasteiger charge is 2.71. The minimum Gasteiger partial charge on any atom is -0.394 e. The average Bonchev–Trinajstić information content (AvgIpc) is 1.65. The van der Waals surface area contributed by atoms with E-state index in [1.54, 1.807) is 0 Å². The molecule has 0 bridgehead atoms. The number of ether oxygens (including phenoxy) is 12. The summed E-state index contributed by atoms with van der Waals surface area (Å²) in [4.78, 5) is 0. The van der Waals surface area contributed by atoms with E-state index in [-0.39, 0.29) is 41.9 Å². The zero-order valence-corrected chi connectivity index (χ0v) is 57.3. The van der Waals surface area contributed by atoms with Crippen LogP contribution in [0.2, 0.25) is 0 Å². The van der Waals surface area contributed by atoms with Crippen molar-refractivity contribution >= 4 is 0 Å². The highest BCUT2D eigenvalue weighted by atomic mass is 16.8. The van der Waals surface area contributed by atoms with Crippen molar-refractivity contribution in [3.05, 3.63) is 11.6 Å². The number of aliphatic hydroxyl groups is 21. The molecule has 6 aliphatic heterocycles. The lowest BCUT2D eigenvalue weighted by molar-refractivity contribution is -0.379. The third-order valence-corrected chi connectivity index (χ3v) is 24.8. The van der Waals surface area contributed by atoms with E-state index in [1.165, 1.54) is 13.8 Å². The minimum atomic E-state index is -1.93. The molecule has 33 nitrogen and oxygen atoms in total. The molecule has 0 unspecified atom stereocenters. The highest BCUT2D eigenvalue weighted by Crippen LogP contribution is 2.75. The molecule has 4 aliphatic carbocycles. The van der Waals surface area contributed by atoms with Gasteiger partial charge in [0.05, 0.1) is 75.8 Å². The van der Waals surface area contributed by atoms with Crippen LogP contribution in [0.1, 0.15) is 113 Å². The smallest absolute Gasteiger partial charge is 0.187 e. The number of allylic oxidation sites excluding steroid dienone is 1. The fourth-order valence-corrected chi connectivity index (χ4v) is 18.4. The quantitative estimate of drug-likeness (QED) is 0.0423. The Morgan fingerprint density at radius 2 is 0.960 bits per heavy atom. The molecule has 6 heterocycles. The number of hydrogen-bond acceptors (Lipinski definition) is 33. The summed E-state index contributed by atoms with van der Waals surface area (Å²) < 4.78 is 72.3. The maximum atomic E-state index is 13.0. The van der Waals surface area contributed by atoms with Gasteiger partial charge in [-0.2, -0.15) is 0 Å². The Hall–Kier alpha value is -1.58. The van der Waals surface area contributed by atoms with Crippen LogP contribution in [0, 0.1) is 45.3 Å². The molecule has 0 aromatic carbocycles. The second kappa shape index (κ2) is 31.3. The van der Waals surface area contributed by atoms with Crippen molar-refractivity contribution in [2.75, 3.05) is 39.6 Å². The zero-order valence-electron chi connectivity index (χ0n) is 57.3.